The number of hydrogen-bond donors (Lipinski definition) is 0. The van der Waals surface area contributed by atoms with Gasteiger partial charge in [-0.15, -0.1) is 23.2 Å². The van der Waals surface area contributed by atoms with Crippen molar-refractivity contribution >= 4 is 34.0 Å². The lowest BCUT2D eigenvalue weighted by Crippen LogP contribution is -2.00. The van der Waals surface area contributed by atoms with Gasteiger partial charge in [0.05, 0.1) is 13.2 Å². The summed E-state index contributed by atoms with van der Waals surface area (Å²) in [5.41, 5.74) is 1.17. The maximum Gasteiger partial charge on any atom is 0.122 e. The lowest BCUT2D eigenvalue weighted by molar-refractivity contribution is 0.308. The molecule has 0 bridgehead atoms. The standard InChI is InChI=1S/C19H24Cl2O2/c1-15-18-8-7-17(22-12-4-2-10-20)14-16(18)6-9-19(15)23-13-5-3-11-21/h6-9,14H,2-5,10-13H2,1H3. The van der Waals surface area contributed by atoms with Crippen LogP contribution in [0.1, 0.15) is 31.2 Å². The highest BCUT2D eigenvalue weighted by atomic mass is 35.5. The van der Waals surface area contributed by atoms with Gasteiger partial charge in [0.15, 0.2) is 0 Å². The first-order chi connectivity index (χ1) is 11.3. The third-order valence-electron chi connectivity index (χ3n) is 3.79. The Morgan fingerprint density at radius 2 is 1.52 bits per heavy atom. The first kappa shape index (κ1) is 18.2. The van der Waals surface area contributed by atoms with Crippen LogP contribution in [0.5, 0.6) is 11.5 Å². The van der Waals surface area contributed by atoms with Crippen LogP contribution in [0.15, 0.2) is 30.3 Å². The number of benzene rings is 2. The molecule has 0 heterocycles. The lowest BCUT2D eigenvalue weighted by Gasteiger charge is -2.12. The molecule has 0 aliphatic rings. The van der Waals surface area contributed by atoms with E-state index in [1.54, 1.807) is 0 Å². The van der Waals surface area contributed by atoms with E-state index in [0.29, 0.717) is 25.0 Å². The molecule has 0 radical (unpaired) electrons. The second-order valence-corrected chi connectivity index (χ2v) is 6.32. The summed E-state index contributed by atoms with van der Waals surface area (Å²) in [6, 6.07) is 10.3. The Bertz CT molecular complexity index is 614. The molecule has 0 aliphatic carbocycles. The van der Waals surface area contributed by atoms with Crippen LogP contribution in [0.2, 0.25) is 0 Å². The van der Waals surface area contributed by atoms with Gasteiger partial charge in [0.2, 0.25) is 0 Å². The molecule has 0 fully saturated rings. The van der Waals surface area contributed by atoms with E-state index in [-0.39, 0.29) is 0 Å². The van der Waals surface area contributed by atoms with Crippen molar-refractivity contribution in [3.05, 3.63) is 35.9 Å². The quantitative estimate of drug-likeness (QED) is 0.388. The van der Waals surface area contributed by atoms with Crippen LogP contribution in [0.25, 0.3) is 10.8 Å². The van der Waals surface area contributed by atoms with Gasteiger partial charge < -0.3 is 9.47 Å². The van der Waals surface area contributed by atoms with Crippen LogP contribution in [0, 0.1) is 6.92 Å². The first-order valence-corrected chi connectivity index (χ1v) is 9.24. The smallest absolute Gasteiger partial charge is 0.122 e. The van der Waals surface area contributed by atoms with E-state index in [1.165, 1.54) is 16.3 Å². The molecule has 2 aromatic carbocycles. The second-order valence-electron chi connectivity index (χ2n) is 5.56. The van der Waals surface area contributed by atoms with E-state index >= 15 is 0 Å². The number of halogens is 2. The fourth-order valence-electron chi connectivity index (χ4n) is 2.45. The summed E-state index contributed by atoms with van der Waals surface area (Å²) in [7, 11) is 0. The van der Waals surface area contributed by atoms with Crippen molar-refractivity contribution in [1.29, 1.82) is 0 Å². The molecule has 0 amide bonds. The maximum absolute atomic E-state index is 5.87. The monoisotopic (exact) mass is 354 g/mol. The number of aryl methyl sites for hydroxylation is 1. The normalized spacial score (nSPS) is 10.9. The van der Waals surface area contributed by atoms with Gasteiger partial charge >= 0.3 is 0 Å². The summed E-state index contributed by atoms with van der Waals surface area (Å²) >= 11 is 11.4. The van der Waals surface area contributed by atoms with Gasteiger partial charge in [0, 0.05) is 11.8 Å². The predicted molar refractivity (Wildman–Crippen MR) is 99.6 cm³/mol. The van der Waals surface area contributed by atoms with E-state index in [1.807, 2.05) is 12.1 Å². The number of alkyl halides is 2. The Morgan fingerprint density at radius 3 is 2.22 bits per heavy atom. The highest BCUT2D eigenvalue weighted by molar-refractivity contribution is 6.18. The van der Waals surface area contributed by atoms with Crippen molar-refractivity contribution in [2.75, 3.05) is 25.0 Å². The minimum atomic E-state index is 0.688. The number of hydrogen-bond acceptors (Lipinski definition) is 2. The molecule has 0 aliphatic heterocycles. The predicted octanol–water partition coefficient (Wildman–Crippen LogP) is 5.94. The highest BCUT2D eigenvalue weighted by Gasteiger charge is 2.06. The molecule has 0 N–H and O–H groups in total. The number of fused-ring (bicyclic) bond motifs is 1. The van der Waals surface area contributed by atoms with Gasteiger partial charge in [-0.3, -0.25) is 0 Å². The van der Waals surface area contributed by atoms with Crippen LogP contribution in [-0.2, 0) is 0 Å². The summed E-state index contributed by atoms with van der Waals surface area (Å²) in [5, 5.41) is 2.37. The molecule has 0 unspecified atom stereocenters. The second kappa shape index (κ2) is 9.89. The van der Waals surface area contributed by atoms with Crippen molar-refractivity contribution in [2.24, 2.45) is 0 Å². The molecule has 2 aromatic rings. The summed E-state index contributed by atoms with van der Waals surface area (Å²) in [5.74, 6) is 3.23. The molecule has 4 heteroatoms. The van der Waals surface area contributed by atoms with Crippen LogP contribution >= 0.6 is 23.2 Å². The summed E-state index contributed by atoms with van der Waals surface area (Å²) in [4.78, 5) is 0. The fraction of sp³-hybridized carbons (Fsp3) is 0.474. The van der Waals surface area contributed by atoms with Crippen LogP contribution in [0.4, 0.5) is 0 Å². The Hall–Kier alpha value is -1.12. The Kier molecular flexibility index (Phi) is 7.84. The molecule has 2 nitrogen and oxygen atoms in total. The van der Waals surface area contributed by atoms with Crippen molar-refractivity contribution in [2.45, 2.75) is 32.6 Å². The average molecular weight is 355 g/mol. The van der Waals surface area contributed by atoms with Crippen molar-refractivity contribution in [3.63, 3.8) is 0 Å². The third-order valence-corrected chi connectivity index (χ3v) is 4.33. The van der Waals surface area contributed by atoms with Crippen LogP contribution < -0.4 is 9.47 Å². The minimum Gasteiger partial charge on any atom is -0.494 e. The van der Waals surface area contributed by atoms with E-state index in [4.69, 9.17) is 32.7 Å². The van der Waals surface area contributed by atoms with Crippen molar-refractivity contribution in [3.8, 4) is 11.5 Å². The molecule has 0 saturated heterocycles. The van der Waals surface area contributed by atoms with Gasteiger partial charge in [-0.1, -0.05) is 12.1 Å². The van der Waals surface area contributed by atoms with Crippen LogP contribution in [-0.4, -0.2) is 25.0 Å². The topological polar surface area (TPSA) is 18.5 Å². The third kappa shape index (κ3) is 5.47. The van der Waals surface area contributed by atoms with Gasteiger partial charge in [0.1, 0.15) is 11.5 Å². The molecule has 23 heavy (non-hydrogen) atoms. The number of rotatable bonds is 10. The highest BCUT2D eigenvalue weighted by Crippen LogP contribution is 2.30. The van der Waals surface area contributed by atoms with Gasteiger partial charge in [-0.2, -0.15) is 0 Å². The maximum atomic E-state index is 5.87. The molecule has 126 valence electrons. The fourth-order valence-corrected chi connectivity index (χ4v) is 2.83. The van der Waals surface area contributed by atoms with E-state index < -0.39 is 0 Å². The number of ether oxygens (including phenoxy) is 2. The largest absolute Gasteiger partial charge is 0.494 e. The molecule has 0 aromatic heterocycles. The Labute approximate surface area is 148 Å². The zero-order chi connectivity index (χ0) is 16.5. The van der Waals surface area contributed by atoms with Crippen molar-refractivity contribution in [1.82, 2.24) is 0 Å². The SMILES string of the molecule is Cc1c(OCCCCCl)ccc2cc(OCCCCCl)ccc12. The zero-order valence-electron chi connectivity index (χ0n) is 13.6. The summed E-state index contributed by atoms with van der Waals surface area (Å²) in [6.45, 7) is 3.51. The molecule has 0 saturated carbocycles. The molecular formula is C19H24Cl2O2. The minimum absolute atomic E-state index is 0.688. The van der Waals surface area contributed by atoms with Gasteiger partial charge in [0.25, 0.3) is 0 Å². The van der Waals surface area contributed by atoms with Gasteiger partial charge in [-0.25, -0.2) is 0 Å². The molecular weight excluding hydrogens is 331 g/mol. The summed E-state index contributed by atoms with van der Waals surface area (Å²) < 4.78 is 11.6. The van der Waals surface area contributed by atoms with E-state index in [9.17, 15) is 0 Å². The molecule has 2 rings (SSSR count). The summed E-state index contributed by atoms with van der Waals surface area (Å²) in [6.07, 6.45) is 3.93. The molecule has 0 spiro atoms. The van der Waals surface area contributed by atoms with Crippen LogP contribution in [0.3, 0.4) is 0 Å². The van der Waals surface area contributed by atoms with E-state index in [2.05, 4.69) is 25.1 Å². The lowest BCUT2D eigenvalue weighted by atomic mass is 10.0. The Morgan fingerprint density at radius 1 is 0.826 bits per heavy atom. The first-order valence-electron chi connectivity index (χ1n) is 8.17. The average Bonchev–Trinajstić information content (AvgIpc) is 2.57. The van der Waals surface area contributed by atoms with Gasteiger partial charge in [-0.05, 0) is 67.1 Å². The molecule has 0 atom stereocenters. The van der Waals surface area contributed by atoms with Crippen molar-refractivity contribution < 1.29 is 9.47 Å². The number of unbranched alkanes of at least 4 members (excludes halogenated alkanes) is 2. The zero-order valence-corrected chi connectivity index (χ0v) is 15.1. The van der Waals surface area contributed by atoms with E-state index in [0.717, 1.165) is 37.2 Å². The Balaban J connectivity index is 2.03.